The number of nitrogens with two attached hydrogens (primary N) is 1. The average Bonchev–Trinajstić information content (AvgIpc) is 2.48. The van der Waals surface area contributed by atoms with E-state index in [1.54, 1.807) is 7.11 Å². The molecule has 2 rings (SSSR count). The number of carbonyl (C=O) groups is 1. The minimum atomic E-state index is -0.234. The number of rotatable bonds is 6. The number of amides is 1. The third-order valence-corrected chi connectivity index (χ3v) is 3.65. The molecule has 20 heavy (non-hydrogen) atoms. The number of ether oxygens (including phenoxy) is 2. The van der Waals surface area contributed by atoms with Crippen molar-refractivity contribution in [2.24, 2.45) is 5.73 Å². The van der Waals surface area contributed by atoms with Crippen LogP contribution in [0, 0.1) is 0 Å². The Kier molecular flexibility index (Phi) is 5.24. The summed E-state index contributed by atoms with van der Waals surface area (Å²) in [6.07, 6.45) is 3.03. The second-order valence-electron chi connectivity index (χ2n) is 4.95. The molecule has 0 unspecified atom stereocenters. The van der Waals surface area contributed by atoms with Gasteiger partial charge in [0, 0.05) is 6.54 Å². The van der Waals surface area contributed by atoms with E-state index in [1.165, 1.54) is 0 Å². The number of primary amides is 1. The highest BCUT2D eigenvalue weighted by atomic mass is 16.5. The van der Waals surface area contributed by atoms with Crippen molar-refractivity contribution in [2.45, 2.75) is 25.3 Å². The van der Waals surface area contributed by atoms with Gasteiger partial charge in [0.2, 0.25) is 5.91 Å². The molecule has 110 valence electrons. The Labute approximate surface area is 119 Å². The van der Waals surface area contributed by atoms with Gasteiger partial charge in [-0.05, 0) is 31.5 Å². The van der Waals surface area contributed by atoms with Crippen LogP contribution in [0.3, 0.4) is 0 Å². The van der Waals surface area contributed by atoms with Gasteiger partial charge in [0.15, 0.2) is 11.5 Å². The van der Waals surface area contributed by atoms with Crippen LogP contribution in [0.2, 0.25) is 0 Å². The molecule has 1 atom stereocenters. The summed E-state index contributed by atoms with van der Waals surface area (Å²) in [6, 6.07) is 7.40. The maximum Gasteiger partial charge on any atom is 0.234 e. The van der Waals surface area contributed by atoms with Crippen LogP contribution in [-0.4, -0.2) is 43.7 Å². The normalized spacial score (nSPS) is 19.6. The fraction of sp³-hybridized carbons (Fsp3) is 0.533. The van der Waals surface area contributed by atoms with Crippen LogP contribution in [0.4, 0.5) is 0 Å². The molecular weight excluding hydrogens is 256 g/mol. The fourth-order valence-electron chi connectivity index (χ4n) is 2.59. The SMILES string of the molecule is COc1ccccc1OCCN1CCCC[C@H]1C(N)=O. The zero-order chi connectivity index (χ0) is 14.4. The van der Waals surface area contributed by atoms with Crippen molar-refractivity contribution < 1.29 is 14.3 Å². The minimum absolute atomic E-state index is 0.148. The molecule has 1 aromatic rings. The van der Waals surface area contributed by atoms with Crippen molar-refractivity contribution >= 4 is 5.91 Å². The van der Waals surface area contributed by atoms with E-state index in [1.807, 2.05) is 24.3 Å². The summed E-state index contributed by atoms with van der Waals surface area (Å²) in [6.45, 7) is 2.12. The lowest BCUT2D eigenvalue weighted by atomic mass is 10.0. The van der Waals surface area contributed by atoms with E-state index >= 15 is 0 Å². The van der Waals surface area contributed by atoms with Crippen LogP contribution in [0.25, 0.3) is 0 Å². The number of likely N-dealkylation sites (tertiary alicyclic amines) is 1. The topological polar surface area (TPSA) is 64.8 Å². The van der Waals surface area contributed by atoms with E-state index in [-0.39, 0.29) is 11.9 Å². The molecule has 1 aromatic carbocycles. The average molecular weight is 278 g/mol. The van der Waals surface area contributed by atoms with E-state index < -0.39 is 0 Å². The van der Waals surface area contributed by atoms with Gasteiger partial charge >= 0.3 is 0 Å². The quantitative estimate of drug-likeness (QED) is 0.854. The van der Waals surface area contributed by atoms with E-state index in [4.69, 9.17) is 15.2 Å². The smallest absolute Gasteiger partial charge is 0.234 e. The molecule has 0 aromatic heterocycles. The summed E-state index contributed by atoms with van der Waals surface area (Å²) in [4.78, 5) is 13.5. The molecule has 0 radical (unpaired) electrons. The maximum atomic E-state index is 11.4. The summed E-state index contributed by atoms with van der Waals surface area (Å²) in [5.74, 6) is 1.21. The van der Waals surface area contributed by atoms with E-state index in [0.29, 0.717) is 13.2 Å². The lowest BCUT2D eigenvalue weighted by Gasteiger charge is -2.33. The largest absolute Gasteiger partial charge is 0.493 e. The Bertz CT molecular complexity index is 450. The summed E-state index contributed by atoms with van der Waals surface area (Å²) >= 11 is 0. The first kappa shape index (κ1) is 14.7. The van der Waals surface area contributed by atoms with Crippen molar-refractivity contribution in [2.75, 3.05) is 26.8 Å². The van der Waals surface area contributed by atoms with E-state index in [0.717, 1.165) is 37.3 Å². The van der Waals surface area contributed by atoms with Gasteiger partial charge in [-0.2, -0.15) is 0 Å². The summed E-state index contributed by atoms with van der Waals surface area (Å²) in [5, 5.41) is 0. The first-order valence-electron chi connectivity index (χ1n) is 7.01. The maximum absolute atomic E-state index is 11.4. The zero-order valence-electron chi connectivity index (χ0n) is 11.9. The lowest BCUT2D eigenvalue weighted by Crippen LogP contribution is -2.48. The van der Waals surface area contributed by atoms with Crippen molar-refractivity contribution in [3.05, 3.63) is 24.3 Å². The second-order valence-corrected chi connectivity index (χ2v) is 4.95. The van der Waals surface area contributed by atoms with Crippen molar-refractivity contribution in [3.63, 3.8) is 0 Å². The standard InChI is InChI=1S/C15H22N2O3/c1-19-13-7-2-3-8-14(13)20-11-10-17-9-5-4-6-12(17)15(16)18/h2-3,7-8,12H,4-6,9-11H2,1H3,(H2,16,18)/t12-/m0/s1. The molecule has 0 saturated carbocycles. The van der Waals surface area contributed by atoms with E-state index in [9.17, 15) is 4.79 Å². The van der Waals surface area contributed by atoms with Crippen LogP contribution in [0.1, 0.15) is 19.3 Å². The van der Waals surface area contributed by atoms with Crippen LogP contribution in [0.5, 0.6) is 11.5 Å². The summed E-state index contributed by atoms with van der Waals surface area (Å²) < 4.78 is 11.0. The Hall–Kier alpha value is -1.75. The zero-order valence-corrected chi connectivity index (χ0v) is 11.9. The molecule has 1 amide bonds. The Morgan fingerprint density at radius 3 is 2.80 bits per heavy atom. The molecule has 0 aliphatic carbocycles. The number of para-hydroxylation sites is 2. The number of hydrogen-bond acceptors (Lipinski definition) is 4. The predicted molar refractivity (Wildman–Crippen MR) is 76.9 cm³/mol. The molecule has 1 heterocycles. The monoisotopic (exact) mass is 278 g/mol. The predicted octanol–water partition coefficient (Wildman–Crippen LogP) is 1.41. The Morgan fingerprint density at radius 1 is 1.35 bits per heavy atom. The number of carbonyl (C=O) groups excluding carboxylic acids is 1. The van der Waals surface area contributed by atoms with Crippen molar-refractivity contribution in [1.82, 2.24) is 4.90 Å². The van der Waals surface area contributed by atoms with Crippen LogP contribution in [-0.2, 0) is 4.79 Å². The lowest BCUT2D eigenvalue weighted by molar-refractivity contribution is -0.124. The molecule has 5 heteroatoms. The third kappa shape index (κ3) is 3.63. The molecule has 0 bridgehead atoms. The van der Waals surface area contributed by atoms with E-state index in [2.05, 4.69) is 4.90 Å². The molecule has 1 aliphatic heterocycles. The van der Waals surface area contributed by atoms with Crippen LogP contribution in [0.15, 0.2) is 24.3 Å². The van der Waals surface area contributed by atoms with Gasteiger partial charge in [-0.1, -0.05) is 18.6 Å². The van der Waals surface area contributed by atoms with Gasteiger partial charge in [0.25, 0.3) is 0 Å². The van der Waals surface area contributed by atoms with Gasteiger partial charge in [0.05, 0.1) is 13.2 Å². The summed E-state index contributed by atoms with van der Waals surface area (Å²) in [7, 11) is 1.62. The van der Waals surface area contributed by atoms with Crippen molar-refractivity contribution in [3.8, 4) is 11.5 Å². The number of benzene rings is 1. The van der Waals surface area contributed by atoms with Crippen LogP contribution < -0.4 is 15.2 Å². The number of nitrogens with zero attached hydrogens (tertiary/aromatic N) is 1. The first-order valence-corrected chi connectivity index (χ1v) is 7.01. The second kappa shape index (κ2) is 7.14. The molecule has 0 spiro atoms. The van der Waals surface area contributed by atoms with Crippen LogP contribution >= 0.6 is 0 Å². The number of methoxy groups -OCH3 is 1. The molecule has 1 saturated heterocycles. The van der Waals surface area contributed by atoms with Gasteiger partial charge < -0.3 is 15.2 Å². The fourth-order valence-corrected chi connectivity index (χ4v) is 2.59. The molecule has 1 aliphatic rings. The Balaban J connectivity index is 1.86. The highest BCUT2D eigenvalue weighted by molar-refractivity contribution is 5.79. The van der Waals surface area contributed by atoms with Gasteiger partial charge in [0.1, 0.15) is 6.61 Å². The molecule has 1 fully saturated rings. The first-order chi connectivity index (χ1) is 9.72. The number of hydrogen-bond donors (Lipinski definition) is 1. The summed E-state index contributed by atoms with van der Waals surface area (Å²) in [5.41, 5.74) is 5.44. The van der Waals surface area contributed by atoms with Crippen molar-refractivity contribution in [1.29, 1.82) is 0 Å². The highest BCUT2D eigenvalue weighted by Crippen LogP contribution is 2.25. The van der Waals surface area contributed by atoms with Gasteiger partial charge in [-0.25, -0.2) is 0 Å². The highest BCUT2D eigenvalue weighted by Gasteiger charge is 2.26. The van der Waals surface area contributed by atoms with Gasteiger partial charge in [-0.3, -0.25) is 9.69 Å². The molecule has 5 nitrogen and oxygen atoms in total. The Morgan fingerprint density at radius 2 is 2.10 bits per heavy atom. The molecular formula is C15H22N2O3. The number of piperidine rings is 1. The van der Waals surface area contributed by atoms with Gasteiger partial charge in [-0.15, -0.1) is 0 Å². The minimum Gasteiger partial charge on any atom is -0.493 e. The molecule has 2 N–H and O–H groups in total. The third-order valence-electron chi connectivity index (χ3n) is 3.65.